The number of aromatic amines is 2. The Hall–Kier alpha value is -7.24. The van der Waals surface area contributed by atoms with Gasteiger partial charge in [-0.2, -0.15) is 0 Å². The summed E-state index contributed by atoms with van der Waals surface area (Å²) in [5.74, 6) is 11.1. The van der Waals surface area contributed by atoms with Gasteiger partial charge < -0.3 is 9.97 Å². The highest BCUT2D eigenvalue weighted by molar-refractivity contribution is 6.10. The van der Waals surface area contributed by atoms with Crippen LogP contribution >= 0.6 is 0 Å². The number of terminal acetylenes is 4. The Labute approximate surface area is 276 Å². The molecule has 0 atom stereocenters. The van der Waals surface area contributed by atoms with Gasteiger partial charge in [0.25, 0.3) is 0 Å². The molecule has 0 aliphatic carbocycles. The van der Waals surface area contributed by atoms with Crippen LogP contribution in [-0.2, 0) is 0 Å². The molecule has 4 heteroatoms. The van der Waals surface area contributed by atoms with E-state index in [4.69, 9.17) is 35.7 Å². The fraction of sp³-hybridized carbons (Fsp3) is 0. The second kappa shape index (κ2) is 10.1. The zero-order valence-electron chi connectivity index (χ0n) is 25.4. The summed E-state index contributed by atoms with van der Waals surface area (Å²) in [7, 11) is 0. The molecule has 7 aromatic rings. The van der Waals surface area contributed by atoms with Gasteiger partial charge in [-0.1, -0.05) is 47.9 Å². The van der Waals surface area contributed by atoms with Crippen molar-refractivity contribution in [2.24, 2.45) is 0 Å². The van der Waals surface area contributed by atoms with Crippen LogP contribution in [0.15, 0.2) is 97.1 Å². The fourth-order valence-electron chi connectivity index (χ4n) is 6.82. The summed E-state index contributed by atoms with van der Waals surface area (Å²) in [4.78, 5) is 17.7. The second-order valence-electron chi connectivity index (χ2n) is 11.9. The summed E-state index contributed by atoms with van der Waals surface area (Å²) < 4.78 is 0. The van der Waals surface area contributed by atoms with Crippen molar-refractivity contribution in [3.63, 3.8) is 0 Å². The van der Waals surface area contributed by atoms with Crippen molar-refractivity contribution in [2.75, 3.05) is 0 Å². The molecule has 5 heterocycles. The predicted molar refractivity (Wildman–Crippen MR) is 197 cm³/mol. The minimum atomic E-state index is 0.782. The molecule has 4 nitrogen and oxygen atoms in total. The number of nitrogens with one attached hydrogen (secondary N) is 2. The number of H-pyrrole nitrogens is 2. The van der Waals surface area contributed by atoms with Gasteiger partial charge in [0.2, 0.25) is 0 Å². The molecule has 2 aliphatic heterocycles. The maximum absolute atomic E-state index is 5.85. The zero-order chi connectivity index (χ0) is 32.5. The Morgan fingerprint density at radius 2 is 0.688 bits per heavy atom. The maximum Gasteiger partial charge on any atom is 0.0737 e. The normalized spacial score (nSPS) is 11.2. The molecule has 2 N–H and O–H groups in total. The van der Waals surface area contributed by atoms with Gasteiger partial charge in [-0.15, -0.1) is 25.7 Å². The van der Waals surface area contributed by atoms with Crippen LogP contribution in [0.3, 0.4) is 0 Å². The number of hydrogen-bond donors (Lipinski definition) is 2. The Bertz CT molecular complexity index is 2740. The molecule has 48 heavy (non-hydrogen) atoms. The highest BCUT2D eigenvalue weighted by Gasteiger charge is 2.20. The van der Waals surface area contributed by atoms with E-state index in [-0.39, 0.29) is 0 Å². The predicted octanol–water partition coefficient (Wildman–Crippen LogP) is 9.21. The van der Waals surface area contributed by atoms with Gasteiger partial charge in [-0.25, -0.2) is 9.97 Å². The molecule has 2 aliphatic rings. The quantitative estimate of drug-likeness (QED) is 0.169. The van der Waals surface area contributed by atoms with Crippen molar-refractivity contribution in [1.82, 2.24) is 19.9 Å². The van der Waals surface area contributed by atoms with E-state index in [1.54, 1.807) is 0 Å². The van der Waals surface area contributed by atoms with E-state index in [1.165, 1.54) is 0 Å². The lowest BCUT2D eigenvalue weighted by Crippen LogP contribution is -1.80. The lowest BCUT2D eigenvalue weighted by atomic mass is 10.0. The largest absolute Gasteiger partial charge is 0.354 e. The van der Waals surface area contributed by atoms with Gasteiger partial charge in [-0.3, -0.25) is 0 Å². The Kier molecular flexibility index (Phi) is 5.72. The van der Waals surface area contributed by atoms with Crippen molar-refractivity contribution in [3.8, 4) is 94.4 Å². The summed E-state index contributed by atoms with van der Waals surface area (Å²) in [5, 5.41) is 3.99. The Balaban J connectivity index is 1.50. The standard InChI is InChI=1S/C44H22N4/c1-5-25-9-13-29-33(17-25)41-21-38-30-14-10-26(6-2)18-34(30)43(46-38)23-40-32-16-12-28(8-4)20-36(32)44(48-40)24-39-31-15-11-27(7-3)19-35(31)42(47-39)22-37(29)45-41/h1-4,9-24,45,48H. The Morgan fingerprint density at radius 3 is 1.08 bits per heavy atom. The molecule has 4 aromatic carbocycles. The first-order valence-corrected chi connectivity index (χ1v) is 15.3. The smallest absolute Gasteiger partial charge is 0.0737 e. The van der Waals surface area contributed by atoms with Gasteiger partial charge >= 0.3 is 0 Å². The maximum atomic E-state index is 5.85. The van der Waals surface area contributed by atoms with Crippen LogP contribution in [0.1, 0.15) is 22.3 Å². The number of nitrogens with zero attached hydrogens (tertiary/aromatic N) is 2. The first-order valence-electron chi connectivity index (χ1n) is 15.3. The SMILES string of the molecule is C#Cc1ccc2c(c1)-c1cc3[nH]c(cc4nc(cc5[nH]c(cc-2n1)c1cc(C#C)ccc51)-c1cc(C#C)ccc1-4)c1cc(C#C)ccc31. The third kappa shape index (κ3) is 4.05. The van der Waals surface area contributed by atoms with Crippen molar-refractivity contribution in [2.45, 2.75) is 0 Å². The van der Waals surface area contributed by atoms with Crippen molar-refractivity contribution < 1.29 is 0 Å². The van der Waals surface area contributed by atoms with Crippen molar-refractivity contribution >= 4 is 43.6 Å². The molecule has 0 spiro atoms. The monoisotopic (exact) mass is 606 g/mol. The van der Waals surface area contributed by atoms with Crippen LogP contribution < -0.4 is 0 Å². The van der Waals surface area contributed by atoms with Crippen LogP contribution in [-0.4, -0.2) is 19.9 Å². The lowest BCUT2D eigenvalue weighted by molar-refractivity contribution is 1.40. The molecule has 218 valence electrons. The second-order valence-corrected chi connectivity index (χ2v) is 11.9. The van der Waals surface area contributed by atoms with E-state index < -0.39 is 0 Å². The summed E-state index contributed by atoms with van der Waals surface area (Å²) in [6, 6.07) is 32.4. The third-order valence-electron chi connectivity index (χ3n) is 9.15. The Morgan fingerprint density at radius 1 is 0.354 bits per heavy atom. The van der Waals surface area contributed by atoms with Crippen molar-refractivity contribution in [1.29, 1.82) is 0 Å². The molecule has 0 fully saturated rings. The number of aromatic nitrogens is 4. The molecule has 0 amide bonds. The number of rotatable bonds is 0. The van der Waals surface area contributed by atoms with Gasteiger partial charge in [0.15, 0.2) is 0 Å². The van der Waals surface area contributed by atoms with E-state index >= 15 is 0 Å². The van der Waals surface area contributed by atoms with E-state index in [1.807, 2.05) is 72.8 Å². The molecule has 0 radical (unpaired) electrons. The van der Waals surface area contributed by atoms with Crippen LogP contribution in [0.5, 0.6) is 0 Å². The molecule has 0 unspecified atom stereocenters. The molecule has 3 aromatic heterocycles. The average molecular weight is 607 g/mol. The molecule has 0 saturated heterocycles. The first-order chi connectivity index (χ1) is 23.5. The molecular weight excluding hydrogens is 585 g/mol. The fourth-order valence-corrected chi connectivity index (χ4v) is 6.82. The minimum Gasteiger partial charge on any atom is -0.354 e. The van der Waals surface area contributed by atoms with Crippen molar-refractivity contribution in [3.05, 3.63) is 119 Å². The van der Waals surface area contributed by atoms with Gasteiger partial charge in [0.1, 0.15) is 0 Å². The highest BCUT2D eigenvalue weighted by atomic mass is 14.8. The van der Waals surface area contributed by atoms with E-state index in [0.717, 1.165) is 111 Å². The molecule has 0 saturated carbocycles. The lowest BCUT2D eigenvalue weighted by Gasteiger charge is -2.00. The number of fused-ring (bicyclic) bond motifs is 20. The van der Waals surface area contributed by atoms with Crippen LogP contribution in [0.2, 0.25) is 0 Å². The van der Waals surface area contributed by atoms with E-state index in [2.05, 4.69) is 57.9 Å². The topological polar surface area (TPSA) is 57.4 Å². The van der Waals surface area contributed by atoms with Gasteiger partial charge in [0.05, 0.1) is 22.8 Å². The summed E-state index contributed by atoms with van der Waals surface area (Å²) in [6.07, 6.45) is 23.4. The summed E-state index contributed by atoms with van der Waals surface area (Å²) in [6.45, 7) is 0. The minimum absolute atomic E-state index is 0.782. The van der Waals surface area contributed by atoms with E-state index in [9.17, 15) is 0 Å². The van der Waals surface area contributed by atoms with Crippen LogP contribution in [0.4, 0.5) is 0 Å². The van der Waals surface area contributed by atoms with Crippen LogP contribution in [0.25, 0.3) is 88.6 Å². The first kappa shape index (κ1) is 27.1. The third-order valence-corrected chi connectivity index (χ3v) is 9.15. The summed E-state index contributed by atoms with van der Waals surface area (Å²) >= 11 is 0. The molecule has 9 rings (SSSR count). The average Bonchev–Trinajstić information content (AvgIpc) is 3.85. The highest BCUT2D eigenvalue weighted by Crippen LogP contribution is 2.41. The number of hydrogen-bond acceptors (Lipinski definition) is 2. The van der Waals surface area contributed by atoms with E-state index in [0.29, 0.717) is 0 Å². The number of benzene rings is 4. The molecule has 8 bridgehead atoms. The van der Waals surface area contributed by atoms with Gasteiger partial charge in [0, 0.05) is 88.1 Å². The van der Waals surface area contributed by atoms with Crippen LogP contribution in [0, 0.1) is 49.4 Å². The summed E-state index contributed by atoms with van der Waals surface area (Å²) in [5.41, 5.74) is 13.8. The molecular formula is C44H22N4. The zero-order valence-corrected chi connectivity index (χ0v) is 25.4. The van der Waals surface area contributed by atoms with Gasteiger partial charge in [-0.05, 0) is 72.8 Å².